The Balaban J connectivity index is 1.47. The number of methoxy groups -OCH3 is 1. The number of ether oxygens (including phenoxy) is 1. The topological polar surface area (TPSA) is 99.2 Å². The Morgan fingerprint density at radius 2 is 2.23 bits per heavy atom. The molecule has 10 heteroatoms. The van der Waals surface area contributed by atoms with Gasteiger partial charge in [0, 0.05) is 11.4 Å². The van der Waals surface area contributed by atoms with Gasteiger partial charge in [0.15, 0.2) is 16.7 Å². The smallest absolute Gasteiger partial charge is 0.341 e. The number of carbonyl (C=O) groups excluding carboxylic acids is 2. The lowest BCUT2D eigenvalue weighted by Gasteiger charge is -2.08. The first-order valence-electron chi connectivity index (χ1n) is 9.75. The SMILES string of the molecule is CCCn1c(SCC(=O)Nc2sc3c(c2C(=O)OC)CCC3)nnc1-c1ccco1. The van der Waals surface area contributed by atoms with Gasteiger partial charge in [0.25, 0.3) is 0 Å². The molecule has 0 aromatic carbocycles. The molecule has 30 heavy (non-hydrogen) atoms. The summed E-state index contributed by atoms with van der Waals surface area (Å²) in [6, 6.07) is 3.64. The second kappa shape index (κ2) is 9.05. The fraction of sp³-hybridized carbons (Fsp3) is 0.400. The van der Waals surface area contributed by atoms with Gasteiger partial charge in [-0.05, 0) is 43.4 Å². The summed E-state index contributed by atoms with van der Waals surface area (Å²) >= 11 is 2.78. The van der Waals surface area contributed by atoms with Crippen LogP contribution in [0.5, 0.6) is 0 Å². The van der Waals surface area contributed by atoms with E-state index >= 15 is 0 Å². The number of aryl methyl sites for hydroxylation is 1. The minimum Gasteiger partial charge on any atom is -0.465 e. The lowest BCUT2D eigenvalue weighted by molar-refractivity contribution is -0.113. The molecule has 3 aromatic rings. The van der Waals surface area contributed by atoms with Crippen molar-refractivity contribution in [2.45, 2.75) is 44.3 Å². The van der Waals surface area contributed by atoms with Crippen molar-refractivity contribution < 1.29 is 18.7 Å². The fourth-order valence-corrected chi connectivity index (χ4v) is 5.57. The largest absolute Gasteiger partial charge is 0.465 e. The van der Waals surface area contributed by atoms with Gasteiger partial charge in [-0.25, -0.2) is 4.79 Å². The molecule has 1 aliphatic carbocycles. The molecule has 3 heterocycles. The number of carbonyl (C=O) groups is 2. The molecule has 0 saturated carbocycles. The molecule has 1 amide bonds. The molecule has 0 bridgehead atoms. The van der Waals surface area contributed by atoms with Crippen LogP contribution in [0.1, 0.15) is 40.6 Å². The molecule has 4 rings (SSSR count). The lowest BCUT2D eigenvalue weighted by Crippen LogP contribution is -2.16. The summed E-state index contributed by atoms with van der Waals surface area (Å²) in [5.41, 5.74) is 1.52. The van der Waals surface area contributed by atoms with Crippen LogP contribution >= 0.6 is 23.1 Å². The summed E-state index contributed by atoms with van der Waals surface area (Å²) in [6.07, 6.45) is 5.30. The van der Waals surface area contributed by atoms with E-state index in [0.717, 1.165) is 42.7 Å². The first-order valence-corrected chi connectivity index (χ1v) is 11.5. The number of anilines is 1. The Morgan fingerprint density at radius 1 is 1.37 bits per heavy atom. The quantitative estimate of drug-likeness (QED) is 0.412. The standard InChI is InChI=1S/C20H22N4O4S2/c1-3-9-24-17(13-7-5-10-28-13)22-23-20(24)29-11-15(25)21-18-16(19(26)27-2)12-6-4-8-14(12)30-18/h5,7,10H,3-4,6,8-9,11H2,1-2H3,(H,21,25). The lowest BCUT2D eigenvalue weighted by atomic mass is 10.1. The van der Waals surface area contributed by atoms with Crippen molar-refractivity contribution in [2.75, 3.05) is 18.2 Å². The number of esters is 1. The Bertz CT molecular complexity index is 1060. The van der Waals surface area contributed by atoms with Crippen LogP contribution in [-0.2, 0) is 28.9 Å². The number of hydrogen-bond acceptors (Lipinski definition) is 8. The Hall–Kier alpha value is -2.59. The van der Waals surface area contributed by atoms with E-state index in [9.17, 15) is 9.59 Å². The van der Waals surface area contributed by atoms with Crippen LogP contribution in [0.2, 0.25) is 0 Å². The third kappa shape index (κ3) is 4.01. The normalized spacial score (nSPS) is 12.7. The number of hydrogen-bond donors (Lipinski definition) is 1. The van der Waals surface area contributed by atoms with Crippen LogP contribution in [0.15, 0.2) is 28.0 Å². The van der Waals surface area contributed by atoms with Crippen molar-refractivity contribution in [1.29, 1.82) is 0 Å². The van der Waals surface area contributed by atoms with Gasteiger partial charge in [-0.15, -0.1) is 21.5 Å². The molecule has 0 atom stereocenters. The molecule has 0 unspecified atom stereocenters. The van der Waals surface area contributed by atoms with Crippen LogP contribution in [0, 0.1) is 0 Å². The summed E-state index contributed by atoms with van der Waals surface area (Å²) in [5, 5.41) is 12.6. The van der Waals surface area contributed by atoms with Gasteiger partial charge in [-0.1, -0.05) is 18.7 Å². The maximum atomic E-state index is 12.6. The second-order valence-electron chi connectivity index (χ2n) is 6.83. The number of thiophene rings is 1. The molecule has 0 saturated heterocycles. The van der Waals surface area contributed by atoms with Gasteiger partial charge in [0.05, 0.1) is 24.7 Å². The number of nitrogens with one attached hydrogen (secondary N) is 1. The molecular formula is C20H22N4O4S2. The summed E-state index contributed by atoms with van der Waals surface area (Å²) < 4.78 is 12.3. The van der Waals surface area contributed by atoms with Crippen molar-refractivity contribution in [3.05, 3.63) is 34.4 Å². The van der Waals surface area contributed by atoms with Gasteiger partial charge in [0.1, 0.15) is 5.00 Å². The highest BCUT2D eigenvalue weighted by Crippen LogP contribution is 2.39. The third-order valence-electron chi connectivity index (χ3n) is 4.80. The maximum Gasteiger partial charge on any atom is 0.341 e. The average Bonchev–Trinajstić information content (AvgIpc) is 3.50. The predicted octanol–water partition coefficient (Wildman–Crippen LogP) is 4.02. The summed E-state index contributed by atoms with van der Waals surface area (Å²) in [7, 11) is 1.36. The first-order chi connectivity index (χ1) is 14.6. The number of aromatic nitrogens is 3. The number of nitrogens with zero attached hydrogens (tertiary/aromatic N) is 3. The molecule has 1 N–H and O–H groups in total. The Kier molecular flexibility index (Phi) is 6.24. The van der Waals surface area contributed by atoms with Crippen molar-refractivity contribution >= 4 is 40.0 Å². The van der Waals surface area contributed by atoms with Gasteiger partial charge in [-0.3, -0.25) is 9.36 Å². The van der Waals surface area contributed by atoms with E-state index in [1.54, 1.807) is 12.3 Å². The number of rotatable bonds is 8. The molecule has 158 valence electrons. The molecule has 0 aliphatic heterocycles. The van der Waals surface area contributed by atoms with E-state index in [1.807, 2.05) is 10.6 Å². The number of fused-ring (bicyclic) bond motifs is 1. The minimum atomic E-state index is -0.400. The molecule has 0 radical (unpaired) electrons. The Morgan fingerprint density at radius 3 is 2.97 bits per heavy atom. The Labute approximate surface area is 182 Å². The van der Waals surface area contributed by atoms with Crippen molar-refractivity contribution in [3.8, 4) is 11.6 Å². The summed E-state index contributed by atoms with van der Waals surface area (Å²) in [6.45, 7) is 2.79. The zero-order chi connectivity index (χ0) is 21.1. The molecule has 0 spiro atoms. The third-order valence-corrected chi connectivity index (χ3v) is 6.98. The van der Waals surface area contributed by atoms with E-state index < -0.39 is 5.97 Å². The van der Waals surface area contributed by atoms with Crippen molar-refractivity contribution in [1.82, 2.24) is 14.8 Å². The van der Waals surface area contributed by atoms with Crippen LogP contribution in [0.3, 0.4) is 0 Å². The second-order valence-corrected chi connectivity index (χ2v) is 8.87. The van der Waals surface area contributed by atoms with Crippen LogP contribution in [0.4, 0.5) is 5.00 Å². The van der Waals surface area contributed by atoms with Crippen LogP contribution < -0.4 is 5.32 Å². The molecule has 0 fully saturated rings. The number of amides is 1. The van der Waals surface area contributed by atoms with Gasteiger partial charge in [0.2, 0.25) is 5.91 Å². The van der Waals surface area contributed by atoms with Gasteiger partial charge < -0.3 is 14.5 Å². The van der Waals surface area contributed by atoms with Crippen LogP contribution in [0.25, 0.3) is 11.6 Å². The maximum absolute atomic E-state index is 12.6. The van der Waals surface area contributed by atoms with Gasteiger partial charge >= 0.3 is 5.97 Å². The van der Waals surface area contributed by atoms with Crippen molar-refractivity contribution in [2.24, 2.45) is 0 Å². The van der Waals surface area contributed by atoms with Crippen LogP contribution in [-0.4, -0.2) is 39.5 Å². The highest BCUT2D eigenvalue weighted by molar-refractivity contribution is 7.99. The summed E-state index contributed by atoms with van der Waals surface area (Å²) in [4.78, 5) is 26.0. The van der Waals surface area contributed by atoms with E-state index in [1.165, 1.54) is 30.2 Å². The highest BCUT2D eigenvalue weighted by Gasteiger charge is 2.28. The zero-order valence-corrected chi connectivity index (χ0v) is 18.4. The highest BCUT2D eigenvalue weighted by atomic mass is 32.2. The van der Waals surface area contributed by atoms with Gasteiger partial charge in [-0.2, -0.15) is 0 Å². The monoisotopic (exact) mass is 446 g/mol. The van der Waals surface area contributed by atoms with E-state index in [4.69, 9.17) is 9.15 Å². The molecule has 1 aliphatic rings. The summed E-state index contributed by atoms with van der Waals surface area (Å²) in [5.74, 6) is 0.845. The van der Waals surface area contributed by atoms with E-state index in [2.05, 4.69) is 22.4 Å². The number of thioether (sulfide) groups is 1. The van der Waals surface area contributed by atoms with E-state index in [0.29, 0.717) is 27.3 Å². The minimum absolute atomic E-state index is 0.156. The average molecular weight is 447 g/mol. The van der Waals surface area contributed by atoms with E-state index in [-0.39, 0.29) is 11.7 Å². The first kappa shape index (κ1) is 20.7. The molecule has 3 aromatic heterocycles. The predicted molar refractivity (Wildman–Crippen MR) is 115 cm³/mol. The molecular weight excluding hydrogens is 424 g/mol. The number of furan rings is 1. The fourth-order valence-electron chi connectivity index (χ4n) is 3.51. The zero-order valence-electron chi connectivity index (χ0n) is 16.8. The van der Waals surface area contributed by atoms with Crippen molar-refractivity contribution in [3.63, 3.8) is 0 Å². The molecule has 8 nitrogen and oxygen atoms in total.